The molecule has 0 bridgehead atoms. The number of nitrogens with zero attached hydrogens (tertiary/aromatic N) is 2. The van der Waals surface area contributed by atoms with Crippen LogP contribution in [0.15, 0.2) is 49.1 Å². The van der Waals surface area contributed by atoms with Crippen molar-refractivity contribution in [3.05, 3.63) is 54.6 Å². The number of allylic oxidation sites excluding steroid dienone is 3. The van der Waals surface area contributed by atoms with Crippen molar-refractivity contribution < 1.29 is 15.0 Å². The summed E-state index contributed by atoms with van der Waals surface area (Å²) in [5.41, 5.74) is 6.55. The molecule has 102 valence electrons. The highest BCUT2D eigenvalue weighted by atomic mass is 16.3. The summed E-state index contributed by atoms with van der Waals surface area (Å²) in [7, 11) is 0. The van der Waals surface area contributed by atoms with Gasteiger partial charge in [0.2, 0.25) is 0 Å². The number of hydrogen-bond acceptors (Lipinski definition) is 5. The maximum Gasteiger partial charge on any atom is 0.255 e. The van der Waals surface area contributed by atoms with Crippen LogP contribution in [-0.2, 0) is 0 Å². The van der Waals surface area contributed by atoms with Crippen molar-refractivity contribution in [3.8, 4) is 11.5 Å². The van der Waals surface area contributed by atoms with Crippen LogP contribution in [0.25, 0.3) is 6.08 Å². The first-order valence-electron chi connectivity index (χ1n) is 5.76. The van der Waals surface area contributed by atoms with Crippen LogP contribution in [0.1, 0.15) is 10.4 Å². The van der Waals surface area contributed by atoms with Gasteiger partial charge in [-0.3, -0.25) is 9.36 Å². The number of phenolic OH excluding ortho intramolecular Hbond substituents is 2. The Morgan fingerprint density at radius 1 is 1.25 bits per heavy atom. The van der Waals surface area contributed by atoms with E-state index in [9.17, 15) is 15.0 Å². The molecular formula is C14H13N3O3. The number of nitrogen functional groups attached to an aromatic ring is 1. The normalized spacial score (nSPS) is 11.4. The lowest BCUT2D eigenvalue weighted by molar-refractivity contribution is 0.0968. The fraction of sp³-hybridized carbons (Fsp3) is 0. The molecule has 0 saturated carbocycles. The van der Waals surface area contributed by atoms with Crippen molar-refractivity contribution in [1.29, 1.82) is 0 Å². The molecule has 0 radical (unpaired) electrons. The highest BCUT2D eigenvalue weighted by Gasteiger charge is 2.03. The largest absolute Gasteiger partial charge is 0.504 e. The molecule has 1 aromatic heterocycles. The van der Waals surface area contributed by atoms with Crippen molar-refractivity contribution in [2.75, 3.05) is 5.73 Å². The molecule has 0 atom stereocenters. The minimum Gasteiger partial charge on any atom is -0.504 e. The Morgan fingerprint density at radius 2 is 2.00 bits per heavy atom. The highest BCUT2D eigenvalue weighted by Crippen LogP contribution is 2.30. The quantitative estimate of drug-likeness (QED) is 0.260. The fourth-order valence-electron chi connectivity index (χ4n) is 1.53. The van der Waals surface area contributed by atoms with Gasteiger partial charge in [0.25, 0.3) is 5.91 Å². The minimum absolute atomic E-state index is 0.228. The van der Waals surface area contributed by atoms with E-state index in [4.69, 9.17) is 5.73 Å². The summed E-state index contributed by atoms with van der Waals surface area (Å²) >= 11 is 0. The van der Waals surface area contributed by atoms with Crippen molar-refractivity contribution >= 4 is 17.7 Å². The monoisotopic (exact) mass is 271 g/mol. The van der Waals surface area contributed by atoms with Gasteiger partial charge < -0.3 is 15.9 Å². The molecule has 6 nitrogen and oxygen atoms in total. The van der Waals surface area contributed by atoms with Crippen LogP contribution in [0.4, 0.5) is 5.69 Å². The number of hydrogen-bond donors (Lipinski definition) is 3. The van der Waals surface area contributed by atoms with Crippen LogP contribution >= 0.6 is 0 Å². The van der Waals surface area contributed by atoms with Crippen molar-refractivity contribution in [1.82, 2.24) is 9.55 Å². The molecule has 1 heterocycles. The van der Waals surface area contributed by atoms with Crippen LogP contribution in [-0.4, -0.2) is 25.7 Å². The first-order chi connectivity index (χ1) is 9.58. The molecule has 0 spiro atoms. The summed E-state index contributed by atoms with van der Waals surface area (Å²) in [4.78, 5) is 15.4. The summed E-state index contributed by atoms with van der Waals surface area (Å²) in [6.45, 7) is 0. The van der Waals surface area contributed by atoms with Gasteiger partial charge >= 0.3 is 0 Å². The molecule has 0 aliphatic rings. The third kappa shape index (κ3) is 3.05. The second-order valence-corrected chi connectivity index (χ2v) is 4.00. The van der Waals surface area contributed by atoms with Gasteiger partial charge in [0, 0.05) is 35.8 Å². The Kier molecular flexibility index (Phi) is 3.85. The predicted molar refractivity (Wildman–Crippen MR) is 75.2 cm³/mol. The van der Waals surface area contributed by atoms with Crippen molar-refractivity contribution in [2.24, 2.45) is 0 Å². The summed E-state index contributed by atoms with van der Waals surface area (Å²) in [6.07, 6.45) is 10.6. The van der Waals surface area contributed by atoms with E-state index >= 15 is 0 Å². The second kappa shape index (κ2) is 5.75. The highest BCUT2D eigenvalue weighted by molar-refractivity contribution is 5.90. The van der Waals surface area contributed by atoms with E-state index < -0.39 is 0 Å². The molecule has 4 N–H and O–H groups in total. The second-order valence-electron chi connectivity index (χ2n) is 4.00. The predicted octanol–water partition coefficient (Wildman–Crippen LogP) is 1.79. The summed E-state index contributed by atoms with van der Waals surface area (Å²) in [5.74, 6) is -0.753. The van der Waals surface area contributed by atoms with Gasteiger partial charge in [0.1, 0.15) is 6.33 Å². The summed E-state index contributed by atoms with van der Waals surface area (Å²) in [5, 5.41) is 18.6. The van der Waals surface area contributed by atoms with Crippen LogP contribution in [0.5, 0.6) is 11.5 Å². The summed E-state index contributed by atoms with van der Waals surface area (Å²) < 4.78 is 1.34. The van der Waals surface area contributed by atoms with Crippen LogP contribution < -0.4 is 5.73 Å². The molecule has 0 aliphatic carbocycles. The Labute approximate surface area is 115 Å². The first kappa shape index (κ1) is 13.4. The standard InChI is InChI=1S/C14H13N3O3/c15-11-8-13(19)12(18)7-10(11)3-1-2-4-14(20)17-6-5-16-9-17/h1-9,18-19H,15H2/b3-1+,4-2+. The Balaban J connectivity index is 2.07. The third-order valence-corrected chi connectivity index (χ3v) is 2.56. The van der Waals surface area contributed by atoms with E-state index in [0.29, 0.717) is 11.3 Å². The van der Waals surface area contributed by atoms with E-state index in [1.54, 1.807) is 24.4 Å². The van der Waals surface area contributed by atoms with Crippen molar-refractivity contribution in [3.63, 3.8) is 0 Å². The summed E-state index contributed by atoms with van der Waals surface area (Å²) in [6, 6.07) is 2.60. The maximum absolute atomic E-state index is 11.6. The zero-order valence-corrected chi connectivity index (χ0v) is 10.5. The number of carbonyl (C=O) groups is 1. The number of anilines is 1. The fourth-order valence-corrected chi connectivity index (χ4v) is 1.53. The van der Waals surface area contributed by atoms with Gasteiger partial charge in [-0.05, 0) is 6.07 Å². The SMILES string of the molecule is Nc1cc(O)c(O)cc1/C=C/C=C/C(=O)n1ccnc1. The molecular weight excluding hydrogens is 258 g/mol. The van der Waals surface area contributed by atoms with Gasteiger partial charge in [-0.15, -0.1) is 0 Å². The Morgan fingerprint density at radius 3 is 2.70 bits per heavy atom. The number of phenols is 2. The molecule has 0 amide bonds. The average Bonchev–Trinajstić information content (AvgIpc) is 2.94. The molecule has 2 aromatic rings. The molecule has 0 fully saturated rings. The van der Waals surface area contributed by atoms with E-state index in [1.807, 2.05) is 0 Å². The van der Waals surface area contributed by atoms with Crippen LogP contribution in [0.3, 0.4) is 0 Å². The molecule has 1 aromatic carbocycles. The Hall–Kier alpha value is -3.02. The number of aromatic hydroxyl groups is 2. The molecule has 0 saturated heterocycles. The number of rotatable bonds is 3. The molecule has 6 heteroatoms. The number of benzene rings is 1. The van der Waals surface area contributed by atoms with Crippen LogP contribution in [0.2, 0.25) is 0 Å². The van der Waals surface area contributed by atoms with E-state index in [1.165, 1.54) is 35.3 Å². The lowest BCUT2D eigenvalue weighted by Gasteiger charge is -2.03. The minimum atomic E-state index is -0.273. The molecule has 0 aliphatic heterocycles. The van der Waals surface area contributed by atoms with Gasteiger partial charge in [0.15, 0.2) is 11.5 Å². The topological polar surface area (TPSA) is 101 Å². The van der Waals surface area contributed by atoms with E-state index in [2.05, 4.69) is 4.98 Å². The van der Waals surface area contributed by atoms with Gasteiger partial charge in [-0.2, -0.15) is 0 Å². The van der Waals surface area contributed by atoms with Crippen molar-refractivity contribution in [2.45, 2.75) is 0 Å². The Bertz CT molecular complexity index is 673. The number of imidazole rings is 1. The lowest BCUT2D eigenvalue weighted by atomic mass is 10.1. The molecule has 2 rings (SSSR count). The zero-order valence-electron chi connectivity index (χ0n) is 10.5. The van der Waals surface area contributed by atoms with Gasteiger partial charge in [-0.25, -0.2) is 4.98 Å². The maximum atomic E-state index is 11.6. The number of carbonyl (C=O) groups excluding carboxylic acids is 1. The molecule has 20 heavy (non-hydrogen) atoms. The average molecular weight is 271 g/mol. The first-order valence-corrected chi connectivity index (χ1v) is 5.76. The smallest absolute Gasteiger partial charge is 0.255 e. The third-order valence-electron chi connectivity index (χ3n) is 2.56. The van der Waals surface area contributed by atoms with Crippen LogP contribution in [0, 0.1) is 0 Å². The number of nitrogens with two attached hydrogens (primary N) is 1. The zero-order chi connectivity index (χ0) is 14.5. The lowest BCUT2D eigenvalue weighted by Crippen LogP contribution is -2.03. The molecule has 0 unspecified atom stereocenters. The van der Waals surface area contributed by atoms with E-state index in [-0.39, 0.29) is 17.4 Å². The van der Waals surface area contributed by atoms with Gasteiger partial charge in [-0.1, -0.05) is 18.2 Å². The van der Waals surface area contributed by atoms with Gasteiger partial charge in [0.05, 0.1) is 0 Å². The number of aromatic nitrogens is 2. The van der Waals surface area contributed by atoms with E-state index in [0.717, 1.165) is 0 Å².